The molecule has 19 heavy (non-hydrogen) atoms. The van der Waals surface area contributed by atoms with Crippen LogP contribution in [-0.2, 0) is 0 Å². The number of pyridine rings is 1. The number of hydrogen-bond donors (Lipinski definition) is 0. The maximum absolute atomic E-state index is 6.00. The van der Waals surface area contributed by atoms with Crippen LogP contribution in [0.3, 0.4) is 0 Å². The van der Waals surface area contributed by atoms with Crippen LogP contribution in [0.15, 0.2) is 53.3 Å². The van der Waals surface area contributed by atoms with E-state index in [-0.39, 0.29) is 6.10 Å². The van der Waals surface area contributed by atoms with E-state index in [9.17, 15) is 0 Å². The molecular weight excluding hydrogens is 304 g/mol. The monoisotopic (exact) mass is 318 g/mol. The van der Waals surface area contributed by atoms with Gasteiger partial charge in [0, 0.05) is 35.5 Å². The quantitative estimate of drug-likeness (QED) is 0.866. The third-order valence-electron chi connectivity index (χ3n) is 3.29. The molecule has 0 saturated carbocycles. The molecule has 1 aromatic heterocycles. The van der Waals surface area contributed by atoms with Crippen molar-refractivity contribution in [1.29, 1.82) is 0 Å². The third-order valence-corrected chi connectivity index (χ3v) is 3.82. The van der Waals surface area contributed by atoms with Gasteiger partial charge in [-0.25, -0.2) is 0 Å². The van der Waals surface area contributed by atoms with Crippen molar-refractivity contribution in [3.05, 3.63) is 53.3 Å². The molecule has 4 heteroatoms. The molecule has 2 heterocycles. The lowest BCUT2D eigenvalue weighted by Gasteiger charge is -2.18. The number of aromatic nitrogens is 1. The molecule has 0 N–H and O–H groups in total. The minimum atomic E-state index is 0.259. The van der Waals surface area contributed by atoms with E-state index in [2.05, 4.69) is 25.8 Å². The van der Waals surface area contributed by atoms with Crippen LogP contribution in [0.5, 0.6) is 5.75 Å². The Kier molecular flexibility index (Phi) is 3.69. The molecule has 0 spiro atoms. The first-order valence-corrected chi connectivity index (χ1v) is 7.18. The fraction of sp³-hybridized carbons (Fsp3) is 0.267. The van der Waals surface area contributed by atoms with Gasteiger partial charge in [0.25, 0.3) is 0 Å². The van der Waals surface area contributed by atoms with Gasteiger partial charge in [-0.1, -0.05) is 15.9 Å². The van der Waals surface area contributed by atoms with Crippen molar-refractivity contribution in [2.24, 2.45) is 0 Å². The van der Waals surface area contributed by atoms with E-state index >= 15 is 0 Å². The van der Waals surface area contributed by atoms with Gasteiger partial charge >= 0.3 is 0 Å². The molecule has 0 radical (unpaired) electrons. The fourth-order valence-electron chi connectivity index (χ4n) is 2.32. The van der Waals surface area contributed by atoms with Crippen LogP contribution < -0.4 is 9.64 Å². The number of rotatable bonds is 3. The van der Waals surface area contributed by atoms with Gasteiger partial charge in [-0.15, -0.1) is 0 Å². The summed E-state index contributed by atoms with van der Waals surface area (Å²) in [6.45, 7) is 1.96. The molecule has 1 aliphatic heterocycles. The summed E-state index contributed by atoms with van der Waals surface area (Å²) in [6.07, 6.45) is 4.98. The van der Waals surface area contributed by atoms with Crippen LogP contribution >= 0.6 is 15.9 Å². The van der Waals surface area contributed by atoms with Crippen LogP contribution in [0.1, 0.15) is 6.42 Å². The largest absolute Gasteiger partial charge is 0.489 e. The van der Waals surface area contributed by atoms with Gasteiger partial charge in [-0.05, 0) is 36.4 Å². The lowest BCUT2D eigenvalue weighted by molar-refractivity contribution is 0.225. The molecule has 0 amide bonds. The molecule has 1 aromatic carbocycles. The van der Waals surface area contributed by atoms with Crippen molar-refractivity contribution in [3.8, 4) is 5.75 Å². The Balaban J connectivity index is 1.62. The van der Waals surface area contributed by atoms with Gasteiger partial charge in [-0.3, -0.25) is 4.98 Å². The van der Waals surface area contributed by atoms with Crippen molar-refractivity contribution in [2.75, 3.05) is 18.0 Å². The van der Waals surface area contributed by atoms with Gasteiger partial charge in [0.15, 0.2) is 0 Å². The first-order chi connectivity index (χ1) is 9.31. The predicted molar refractivity (Wildman–Crippen MR) is 79.6 cm³/mol. The Morgan fingerprint density at radius 2 is 1.84 bits per heavy atom. The van der Waals surface area contributed by atoms with E-state index < -0.39 is 0 Å². The molecule has 98 valence electrons. The molecule has 0 aliphatic carbocycles. The van der Waals surface area contributed by atoms with Gasteiger partial charge in [0.2, 0.25) is 0 Å². The highest BCUT2D eigenvalue weighted by molar-refractivity contribution is 9.10. The Hall–Kier alpha value is -1.55. The maximum Gasteiger partial charge on any atom is 0.119 e. The van der Waals surface area contributed by atoms with E-state index in [1.807, 2.05) is 48.8 Å². The highest BCUT2D eigenvalue weighted by atomic mass is 79.9. The second-order valence-electron chi connectivity index (χ2n) is 4.63. The minimum absolute atomic E-state index is 0.259. The highest BCUT2D eigenvalue weighted by Crippen LogP contribution is 2.24. The summed E-state index contributed by atoms with van der Waals surface area (Å²) in [5, 5.41) is 0. The molecule has 1 saturated heterocycles. The molecule has 0 bridgehead atoms. The molecule has 1 fully saturated rings. The van der Waals surface area contributed by atoms with Gasteiger partial charge in [0.1, 0.15) is 11.9 Å². The number of benzene rings is 1. The van der Waals surface area contributed by atoms with Crippen LogP contribution in [0.4, 0.5) is 5.69 Å². The first-order valence-electron chi connectivity index (χ1n) is 6.38. The van der Waals surface area contributed by atoms with Crippen molar-refractivity contribution in [1.82, 2.24) is 4.98 Å². The van der Waals surface area contributed by atoms with Crippen molar-refractivity contribution in [3.63, 3.8) is 0 Å². The smallest absolute Gasteiger partial charge is 0.119 e. The zero-order chi connectivity index (χ0) is 13.1. The zero-order valence-electron chi connectivity index (χ0n) is 10.5. The van der Waals surface area contributed by atoms with Crippen LogP contribution in [0.2, 0.25) is 0 Å². The second-order valence-corrected chi connectivity index (χ2v) is 5.55. The molecule has 2 aromatic rings. The first kappa shape index (κ1) is 12.5. The van der Waals surface area contributed by atoms with Crippen LogP contribution in [0.25, 0.3) is 0 Å². The zero-order valence-corrected chi connectivity index (χ0v) is 12.1. The Labute approximate surface area is 121 Å². The summed E-state index contributed by atoms with van der Waals surface area (Å²) in [4.78, 5) is 6.39. The molecule has 1 unspecified atom stereocenters. The Bertz CT molecular complexity index is 530. The predicted octanol–water partition coefficient (Wildman–Crippen LogP) is 3.50. The third kappa shape index (κ3) is 3.07. The van der Waals surface area contributed by atoms with E-state index in [4.69, 9.17) is 4.74 Å². The molecule has 3 rings (SSSR count). The highest BCUT2D eigenvalue weighted by Gasteiger charge is 2.24. The number of ether oxygens (including phenoxy) is 1. The summed E-state index contributed by atoms with van der Waals surface area (Å²) in [5.41, 5.74) is 1.22. The standard InChI is InChI=1S/C15H15BrN2O/c16-12-1-3-14(4-2-12)19-15-7-10-18(11-15)13-5-8-17-9-6-13/h1-6,8-9,15H,7,10-11H2. The van der Waals surface area contributed by atoms with Gasteiger partial charge in [0.05, 0.1) is 6.54 Å². The summed E-state index contributed by atoms with van der Waals surface area (Å²) in [6, 6.07) is 12.1. The lowest BCUT2D eigenvalue weighted by atomic mass is 10.3. The topological polar surface area (TPSA) is 25.4 Å². The van der Waals surface area contributed by atoms with Gasteiger partial charge in [-0.2, -0.15) is 0 Å². The summed E-state index contributed by atoms with van der Waals surface area (Å²) >= 11 is 3.43. The average Bonchev–Trinajstić information content (AvgIpc) is 2.91. The molecule has 1 atom stereocenters. The average molecular weight is 319 g/mol. The molecule has 1 aliphatic rings. The Morgan fingerprint density at radius 3 is 2.58 bits per heavy atom. The van der Waals surface area contributed by atoms with E-state index in [0.717, 1.165) is 29.7 Å². The van der Waals surface area contributed by atoms with Crippen molar-refractivity contribution >= 4 is 21.6 Å². The minimum Gasteiger partial charge on any atom is -0.489 e. The van der Waals surface area contributed by atoms with E-state index in [1.165, 1.54) is 5.69 Å². The van der Waals surface area contributed by atoms with Crippen molar-refractivity contribution in [2.45, 2.75) is 12.5 Å². The number of halogens is 1. The normalized spacial score (nSPS) is 18.6. The molecule has 3 nitrogen and oxygen atoms in total. The lowest BCUT2D eigenvalue weighted by Crippen LogP contribution is -2.24. The summed E-state index contributed by atoms with van der Waals surface area (Å²) in [5.74, 6) is 0.935. The Morgan fingerprint density at radius 1 is 1.11 bits per heavy atom. The van der Waals surface area contributed by atoms with E-state index in [1.54, 1.807) is 0 Å². The second kappa shape index (κ2) is 5.61. The SMILES string of the molecule is Brc1ccc(OC2CCN(c3ccncc3)C2)cc1. The maximum atomic E-state index is 6.00. The number of anilines is 1. The summed E-state index contributed by atoms with van der Waals surface area (Å²) in [7, 11) is 0. The van der Waals surface area contributed by atoms with Gasteiger partial charge < -0.3 is 9.64 Å². The van der Waals surface area contributed by atoms with E-state index in [0.29, 0.717) is 0 Å². The van der Waals surface area contributed by atoms with Crippen LogP contribution in [-0.4, -0.2) is 24.2 Å². The number of nitrogens with zero attached hydrogens (tertiary/aromatic N) is 2. The van der Waals surface area contributed by atoms with Crippen LogP contribution in [0, 0.1) is 0 Å². The van der Waals surface area contributed by atoms with Crippen molar-refractivity contribution < 1.29 is 4.74 Å². The summed E-state index contributed by atoms with van der Waals surface area (Å²) < 4.78 is 7.08. The number of hydrogen-bond acceptors (Lipinski definition) is 3. The molecular formula is C15H15BrN2O. The fourth-order valence-corrected chi connectivity index (χ4v) is 2.58.